The Morgan fingerprint density at radius 2 is 2.05 bits per heavy atom. The van der Waals surface area contributed by atoms with Crippen LogP contribution in [0.4, 0.5) is 0 Å². The lowest BCUT2D eigenvalue weighted by Gasteiger charge is -2.04. The zero-order valence-electron chi connectivity index (χ0n) is 12.6. The van der Waals surface area contributed by atoms with E-state index in [1.165, 1.54) is 12.2 Å². The normalized spacial score (nSPS) is 20.0. The topological polar surface area (TPSA) is 112 Å². The van der Waals surface area contributed by atoms with Crippen molar-refractivity contribution in [3.05, 3.63) is 23.3 Å². The second-order valence-corrected chi connectivity index (χ2v) is 5.51. The molecule has 0 bridgehead atoms. The summed E-state index contributed by atoms with van der Waals surface area (Å²) in [6.45, 7) is 1.65. The van der Waals surface area contributed by atoms with Gasteiger partial charge < -0.3 is 15.3 Å². The SMILES string of the molecule is CC(O)CCCC(=O)C=CC1=C(CCC(=O)O)C(=O)CC1O. The van der Waals surface area contributed by atoms with Crippen molar-refractivity contribution in [1.82, 2.24) is 0 Å². The Bertz CT molecular complexity index is 501. The first kappa shape index (κ1) is 18.3. The van der Waals surface area contributed by atoms with Crippen LogP contribution in [0.15, 0.2) is 23.3 Å². The largest absolute Gasteiger partial charge is 0.481 e. The summed E-state index contributed by atoms with van der Waals surface area (Å²) in [7, 11) is 0. The molecule has 0 aromatic heterocycles. The fraction of sp³-hybridized carbons (Fsp3) is 0.562. The molecule has 0 amide bonds. The number of carboxylic acids is 1. The number of hydrogen-bond donors (Lipinski definition) is 3. The van der Waals surface area contributed by atoms with Crippen LogP contribution in [0.25, 0.3) is 0 Å². The van der Waals surface area contributed by atoms with Crippen LogP contribution >= 0.6 is 0 Å². The lowest BCUT2D eigenvalue weighted by atomic mass is 10.0. The summed E-state index contributed by atoms with van der Waals surface area (Å²) in [4.78, 5) is 34.0. The molecule has 1 aliphatic carbocycles. The number of aliphatic hydroxyl groups is 2. The van der Waals surface area contributed by atoms with Crippen molar-refractivity contribution in [2.45, 2.75) is 57.7 Å². The third kappa shape index (κ3) is 5.91. The molecule has 0 radical (unpaired) electrons. The van der Waals surface area contributed by atoms with Crippen LogP contribution in [0, 0.1) is 0 Å². The molecular weight excluding hydrogens is 288 g/mol. The van der Waals surface area contributed by atoms with E-state index in [0.717, 1.165) is 0 Å². The summed E-state index contributed by atoms with van der Waals surface area (Å²) < 4.78 is 0. The van der Waals surface area contributed by atoms with Crippen molar-refractivity contribution in [3.8, 4) is 0 Å². The second-order valence-electron chi connectivity index (χ2n) is 5.51. The molecule has 0 heterocycles. The molecule has 6 nitrogen and oxygen atoms in total. The van der Waals surface area contributed by atoms with Crippen LogP contribution < -0.4 is 0 Å². The van der Waals surface area contributed by atoms with Gasteiger partial charge in [-0.25, -0.2) is 0 Å². The summed E-state index contributed by atoms with van der Waals surface area (Å²) in [6, 6.07) is 0. The molecule has 122 valence electrons. The number of aliphatic carboxylic acids is 1. The molecule has 2 atom stereocenters. The molecule has 6 heteroatoms. The average Bonchev–Trinajstić information content (AvgIpc) is 2.67. The van der Waals surface area contributed by atoms with Crippen molar-refractivity contribution in [2.75, 3.05) is 0 Å². The van der Waals surface area contributed by atoms with Gasteiger partial charge in [0.2, 0.25) is 0 Å². The summed E-state index contributed by atoms with van der Waals surface area (Å²) in [5.41, 5.74) is 0.637. The number of hydrogen-bond acceptors (Lipinski definition) is 5. The Kier molecular flexibility index (Phi) is 7.14. The monoisotopic (exact) mass is 310 g/mol. The van der Waals surface area contributed by atoms with Crippen LogP contribution in [0.5, 0.6) is 0 Å². The number of carboxylic acid groups (broad SMARTS) is 1. The Morgan fingerprint density at radius 1 is 1.36 bits per heavy atom. The fourth-order valence-corrected chi connectivity index (χ4v) is 2.34. The molecule has 0 spiro atoms. The first-order valence-electron chi connectivity index (χ1n) is 7.36. The van der Waals surface area contributed by atoms with Crippen molar-refractivity contribution in [2.24, 2.45) is 0 Å². The molecule has 22 heavy (non-hydrogen) atoms. The van der Waals surface area contributed by atoms with Crippen LogP contribution in [-0.4, -0.2) is 45.1 Å². The van der Waals surface area contributed by atoms with Gasteiger partial charge in [-0.2, -0.15) is 0 Å². The molecule has 0 saturated carbocycles. The zero-order chi connectivity index (χ0) is 16.7. The minimum atomic E-state index is -1.01. The molecule has 0 aromatic rings. The maximum absolute atomic E-state index is 11.7. The Hall–Kier alpha value is -1.79. The molecule has 0 fully saturated rings. The van der Waals surface area contributed by atoms with Gasteiger partial charge in [-0.1, -0.05) is 6.08 Å². The number of Topliss-reactive ketones (excluding diaryl/α,β-unsaturated/α-hetero) is 1. The van der Waals surface area contributed by atoms with Gasteiger partial charge in [0.05, 0.1) is 12.2 Å². The third-order valence-electron chi connectivity index (χ3n) is 3.51. The fourth-order valence-electron chi connectivity index (χ4n) is 2.34. The number of rotatable bonds is 9. The van der Waals surface area contributed by atoms with Gasteiger partial charge in [0.15, 0.2) is 11.6 Å². The molecule has 2 unspecified atom stereocenters. The average molecular weight is 310 g/mol. The van der Waals surface area contributed by atoms with Gasteiger partial charge in [0.1, 0.15) is 0 Å². The van der Waals surface area contributed by atoms with Crippen LogP contribution in [0.2, 0.25) is 0 Å². The van der Waals surface area contributed by atoms with Crippen LogP contribution in [0.1, 0.15) is 45.4 Å². The molecule has 0 aromatic carbocycles. The van der Waals surface area contributed by atoms with Crippen molar-refractivity contribution >= 4 is 17.5 Å². The summed E-state index contributed by atoms with van der Waals surface area (Å²) in [6.07, 6.45) is 2.48. The summed E-state index contributed by atoms with van der Waals surface area (Å²) >= 11 is 0. The van der Waals surface area contributed by atoms with Crippen LogP contribution in [-0.2, 0) is 14.4 Å². The number of allylic oxidation sites excluding steroid dienone is 2. The first-order chi connectivity index (χ1) is 10.3. The Labute approximate surface area is 129 Å². The van der Waals surface area contributed by atoms with Gasteiger partial charge in [-0.15, -0.1) is 0 Å². The number of aliphatic hydroxyl groups excluding tert-OH is 2. The van der Waals surface area contributed by atoms with E-state index in [-0.39, 0.29) is 37.2 Å². The van der Waals surface area contributed by atoms with E-state index < -0.39 is 18.2 Å². The third-order valence-corrected chi connectivity index (χ3v) is 3.51. The highest BCUT2D eigenvalue weighted by molar-refractivity contribution is 6.01. The standard InChI is InChI=1S/C16H22O6/c1-10(17)3-2-4-11(18)5-6-12-13(7-8-16(21)22)15(20)9-14(12)19/h5-6,10,14,17,19H,2-4,7-9H2,1H3,(H,21,22). The number of carbonyl (C=O) groups is 3. The predicted molar refractivity (Wildman–Crippen MR) is 79.2 cm³/mol. The van der Waals surface area contributed by atoms with Crippen molar-refractivity contribution in [3.63, 3.8) is 0 Å². The first-order valence-corrected chi connectivity index (χ1v) is 7.36. The summed E-state index contributed by atoms with van der Waals surface area (Å²) in [5, 5.41) is 27.6. The smallest absolute Gasteiger partial charge is 0.303 e. The van der Waals surface area contributed by atoms with Gasteiger partial charge >= 0.3 is 5.97 Å². The van der Waals surface area contributed by atoms with Gasteiger partial charge in [0.25, 0.3) is 0 Å². The zero-order valence-corrected chi connectivity index (χ0v) is 12.6. The lowest BCUT2D eigenvalue weighted by Crippen LogP contribution is -2.05. The molecular formula is C16H22O6. The minimum absolute atomic E-state index is 0.0567. The van der Waals surface area contributed by atoms with Crippen LogP contribution in [0.3, 0.4) is 0 Å². The van der Waals surface area contributed by atoms with Crippen molar-refractivity contribution in [1.29, 1.82) is 0 Å². The molecule has 1 aliphatic rings. The Morgan fingerprint density at radius 3 is 2.64 bits per heavy atom. The number of ketones is 2. The maximum atomic E-state index is 11.7. The van der Waals surface area contributed by atoms with E-state index in [1.807, 2.05) is 0 Å². The van der Waals surface area contributed by atoms with Gasteiger partial charge in [-0.05, 0) is 37.8 Å². The molecule has 0 saturated heterocycles. The predicted octanol–water partition coefficient (Wildman–Crippen LogP) is 1.16. The van der Waals surface area contributed by atoms with E-state index in [1.54, 1.807) is 6.92 Å². The molecule has 3 N–H and O–H groups in total. The minimum Gasteiger partial charge on any atom is -0.481 e. The van der Waals surface area contributed by atoms with E-state index >= 15 is 0 Å². The lowest BCUT2D eigenvalue weighted by molar-refractivity contribution is -0.137. The van der Waals surface area contributed by atoms with E-state index in [9.17, 15) is 19.5 Å². The quantitative estimate of drug-likeness (QED) is 0.551. The van der Waals surface area contributed by atoms with E-state index in [4.69, 9.17) is 10.2 Å². The molecule has 0 aliphatic heterocycles. The molecule has 1 rings (SSSR count). The highest BCUT2D eigenvalue weighted by atomic mass is 16.4. The highest BCUT2D eigenvalue weighted by Crippen LogP contribution is 2.28. The maximum Gasteiger partial charge on any atom is 0.303 e. The second kappa shape index (κ2) is 8.60. The number of carbonyl (C=O) groups excluding carboxylic acids is 2. The van der Waals surface area contributed by atoms with Crippen molar-refractivity contribution < 1.29 is 29.7 Å². The van der Waals surface area contributed by atoms with Gasteiger partial charge in [-0.3, -0.25) is 14.4 Å². The van der Waals surface area contributed by atoms with E-state index in [2.05, 4.69) is 0 Å². The highest BCUT2D eigenvalue weighted by Gasteiger charge is 2.29. The Balaban J connectivity index is 2.68. The van der Waals surface area contributed by atoms with E-state index in [0.29, 0.717) is 24.0 Å². The summed E-state index contributed by atoms with van der Waals surface area (Å²) in [5.74, 6) is -1.44. The van der Waals surface area contributed by atoms with Gasteiger partial charge in [0, 0.05) is 24.8 Å².